The summed E-state index contributed by atoms with van der Waals surface area (Å²) in [5, 5.41) is 0. The molecule has 0 aromatic carbocycles. The minimum Gasteiger partial charge on any atom is -0.470 e. The van der Waals surface area contributed by atoms with Crippen molar-refractivity contribution in [1.29, 1.82) is 0 Å². The van der Waals surface area contributed by atoms with Crippen LogP contribution >= 0.6 is 11.2 Å². The van der Waals surface area contributed by atoms with Gasteiger partial charge < -0.3 is 18.3 Å². The van der Waals surface area contributed by atoms with Crippen LogP contribution in [0.15, 0.2) is 45.6 Å². The van der Waals surface area contributed by atoms with Crippen LogP contribution < -0.4 is 0 Å². The Kier molecular flexibility index (Phi) is 6.05. The van der Waals surface area contributed by atoms with Gasteiger partial charge in [0.2, 0.25) is 0 Å². The molecule has 0 bridgehead atoms. The highest BCUT2D eigenvalue weighted by atomic mass is 32.4. The standard InChI is InChI=1S/C17H24O4SSi/c1-23(13-15-5-2-8-19-15,14-16-6-3-9-20-16)22-10-4-7-18-11-17-12-21-17/h2-3,5-6,8-9,17H,4,7,10-14H2,1H3. The van der Waals surface area contributed by atoms with Crippen LogP contribution in [-0.2, 0) is 21.6 Å². The van der Waals surface area contributed by atoms with Crippen LogP contribution in [0.1, 0.15) is 17.9 Å². The van der Waals surface area contributed by atoms with Crippen LogP contribution in [0.4, 0.5) is 0 Å². The van der Waals surface area contributed by atoms with Gasteiger partial charge in [-0.15, -0.1) is 0 Å². The van der Waals surface area contributed by atoms with Gasteiger partial charge in [0, 0.05) is 18.7 Å². The lowest BCUT2D eigenvalue weighted by Gasteiger charge is -2.25. The van der Waals surface area contributed by atoms with Crippen molar-refractivity contribution in [3.8, 4) is 0 Å². The topological polar surface area (TPSA) is 48.0 Å². The van der Waals surface area contributed by atoms with Gasteiger partial charge in [-0.3, -0.25) is 0 Å². The first-order valence-electron chi connectivity index (χ1n) is 8.12. The van der Waals surface area contributed by atoms with Crippen molar-refractivity contribution in [2.24, 2.45) is 0 Å². The molecule has 1 unspecified atom stereocenters. The summed E-state index contributed by atoms with van der Waals surface area (Å²) in [6, 6.07) is 10.1. The average Bonchev–Trinajstić information content (AvgIpc) is 2.97. The third-order valence-electron chi connectivity index (χ3n) is 3.85. The van der Waals surface area contributed by atoms with E-state index in [1.807, 2.05) is 12.1 Å². The van der Waals surface area contributed by atoms with Crippen molar-refractivity contribution >= 4 is 18.4 Å². The Morgan fingerprint density at radius 3 is 2.35 bits per heavy atom. The maximum Gasteiger partial charge on any atom is 0.129 e. The predicted molar refractivity (Wildman–Crippen MR) is 94.1 cm³/mol. The Balaban J connectivity index is 1.47. The summed E-state index contributed by atoms with van der Waals surface area (Å²) in [4.78, 5) is 0. The fourth-order valence-electron chi connectivity index (χ4n) is 2.59. The van der Waals surface area contributed by atoms with E-state index in [4.69, 9.17) is 18.3 Å². The second kappa shape index (κ2) is 8.24. The Hall–Kier alpha value is -0.953. The molecule has 0 amide bonds. The van der Waals surface area contributed by atoms with Crippen molar-refractivity contribution in [2.45, 2.75) is 31.2 Å². The maximum absolute atomic E-state index is 5.62. The minimum atomic E-state index is -1.58. The molecule has 1 saturated heterocycles. The summed E-state index contributed by atoms with van der Waals surface area (Å²) in [5.74, 6) is 3.29. The quantitative estimate of drug-likeness (QED) is 0.349. The molecule has 3 heterocycles. The van der Waals surface area contributed by atoms with E-state index in [1.165, 1.54) is 0 Å². The number of rotatable bonds is 11. The first-order chi connectivity index (χ1) is 11.2. The van der Waals surface area contributed by atoms with Gasteiger partial charge >= 0.3 is 0 Å². The highest BCUT2D eigenvalue weighted by Crippen LogP contribution is 2.29. The molecule has 1 fully saturated rings. The molecule has 0 saturated carbocycles. The van der Waals surface area contributed by atoms with Gasteiger partial charge in [-0.25, -0.2) is 0 Å². The molecule has 0 spiro atoms. The van der Waals surface area contributed by atoms with Gasteiger partial charge in [0.15, 0.2) is 0 Å². The predicted octanol–water partition coefficient (Wildman–Crippen LogP) is 3.85. The van der Waals surface area contributed by atoms with E-state index in [2.05, 4.69) is 29.9 Å². The van der Waals surface area contributed by atoms with Crippen LogP contribution in [0, 0.1) is 0 Å². The summed E-state index contributed by atoms with van der Waals surface area (Å²) < 4.78 is 21.9. The van der Waals surface area contributed by atoms with Crippen LogP contribution in [0.25, 0.3) is 0 Å². The van der Waals surface area contributed by atoms with E-state index in [9.17, 15) is 0 Å². The number of ether oxygens (including phenoxy) is 2. The second-order valence-electron chi connectivity index (χ2n) is 6.19. The van der Waals surface area contributed by atoms with Gasteiger partial charge in [0.25, 0.3) is 0 Å². The molecule has 0 aliphatic carbocycles. The maximum atomic E-state index is 5.62. The summed E-state index contributed by atoms with van der Waals surface area (Å²) in [6.07, 6.45) is 4.96. The zero-order valence-electron chi connectivity index (χ0n) is 13.5. The van der Waals surface area contributed by atoms with Gasteiger partial charge in [-0.05, 0) is 36.4 Å². The highest BCUT2D eigenvalue weighted by Gasteiger charge is 2.31. The van der Waals surface area contributed by atoms with Crippen molar-refractivity contribution in [1.82, 2.24) is 0 Å². The lowest BCUT2D eigenvalue weighted by Crippen LogP contribution is -2.34. The molecule has 2 aromatic rings. The monoisotopic (exact) mass is 352 g/mol. The van der Waals surface area contributed by atoms with Crippen molar-refractivity contribution in [3.63, 3.8) is 0 Å². The second-order valence-corrected chi connectivity index (χ2v) is 14.3. The molecule has 1 atom stereocenters. The van der Waals surface area contributed by atoms with Gasteiger partial charge in [0.05, 0.1) is 25.7 Å². The summed E-state index contributed by atoms with van der Waals surface area (Å²) in [6.45, 7) is 4.85. The number of furan rings is 2. The Bertz CT molecular complexity index is 515. The molecule has 23 heavy (non-hydrogen) atoms. The molecule has 3 rings (SSSR count). The third kappa shape index (κ3) is 5.88. The third-order valence-corrected chi connectivity index (χ3v) is 10.8. The fourth-order valence-corrected chi connectivity index (χ4v) is 8.92. The first kappa shape index (κ1) is 16.9. The lowest BCUT2D eigenvalue weighted by atomic mass is 10.5. The summed E-state index contributed by atoms with van der Waals surface area (Å²) in [5.41, 5.74) is 0. The smallest absolute Gasteiger partial charge is 0.129 e. The molecule has 6 heteroatoms. The van der Waals surface area contributed by atoms with Gasteiger partial charge in [0.1, 0.15) is 24.8 Å². The van der Waals surface area contributed by atoms with E-state index in [-0.39, 0.29) is 0 Å². The molecule has 0 N–H and O–H groups in total. The van der Waals surface area contributed by atoms with Crippen LogP contribution in [0.5, 0.6) is 0 Å². The van der Waals surface area contributed by atoms with E-state index >= 15 is 0 Å². The first-order valence-corrected chi connectivity index (χ1v) is 12.7. The molecule has 126 valence electrons. The average molecular weight is 353 g/mol. The molecule has 1 aliphatic rings. The van der Waals surface area contributed by atoms with Crippen LogP contribution in [0.2, 0.25) is 6.55 Å². The van der Waals surface area contributed by atoms with Crippen LogP contribution in [-0.4, -0.2) is 38.9 Å². The summed E-state index contributed by atoms with van der Waals surface area (Å²) >= 11 is 2.10. The minimum absolute atomic E-state index is 0.361. The zero-order valence-corrected chi connectivity index (χ0v) is 15.3. The molecule has 2 aromatic heterocycles. The highest BCUT2D eigenvalue weighted by molar-refractivity contribution is 8.28. The van der Waals surface area contributed by atoms with E-state index in [0.29, 0.717) is 6.10 Å². The van der Waals surface area contributed by atoms with E-state index < -0.39 is 7.22 Å². The Morgan fingerprint density at radius 1 is 1.17 bits per heavy atom. The number of hydrogen-bond acceptors (Lipinski definition) is 5. The van der Waals surface area contributed by atoms with Crippen molar-refractivity contribution in [3.05, 3.63) is 48.3 Å². The molecular weight excluding hydrogens is 328 g/mol. The molecule has 1 aliphatic heterocycles. The van der Waals surface area contributed by atoms with E-state index in [1.54, 1.807) is 12.5 Å². The van der Waals surface area contributed by atoms with Crippen LogP contribution in [0.3, 0.4) is 0 Å². The van der Waals surface area contributed by atoms with Gasteiger partial charge in [-0.2, -0.15) is 11.2 Å². The molecule has 4 nitrogen and oxygen atoms in total. The molecular formula is C17H24O4SSi. The summed E-state index contributed by atoms with van der Waals surface area (Å²) in [7, 11) is -1.58. The molecule has 0 radical (unpaired) electrons. The van der Waals surface area contributed by atoms with Crippen molar-refractivity contribution < 1.29 is 18.3 Å². The Morgan fingerprint density at radius 2 is 1.83 bits per heavy atom. The largest absolute Gasteiger partial charge is 0.470 e. The SMILES string of the molecule is C[Si](Cc1ccco1)(Cc1ccco1)SCCCOCC1CO1. The Labute approximate surface area is 142 Å². The number of hydrogen-bond donors (Lipinski definition) is 0. The number of epoxide rings is 1. The van der Waals surface area contributed by atoms with Crippen molar-refractivity contribution in [2.75, 3.05) is 25.6 Å². The zero-order chi connectivity index (χ0) is 16.0. The fraction of sp³-hybridized carbons (Fsp3) is 0.529. The normalized spacial score (nSPS) is 17.5. The van der Waals surface area contributed by atoms with Gasteiger partial charge in [-0.1, -0.05) is 6.55 Å². The van der Waals surface area contributed by atoms with E-state index in [0.717, 1.165) is 55.6 Å². The lowest BCUT2D eigenvalue weighted by molar-refractivity contribution is 0.117.